The molecular weight excluding hydrogens is 985 g/mol. The number of esters is 3. The van der Waals surface area contributed by atoms with Gasteiger partial charge < -0.3 is 14.2 Å². The summed E-state index contributed by atoms with van der Waals surface area (Å²) in [7, 11) is 0. The Morgan fingerprint density at radius 1 is 0.263 bits per heavy atom. The summed E-state index contributed by atoms with van der Waals surface area (Å²) in [6.45, 7) is 6.45. The molecule has 0 saturated carbocycles. The standard InChI is InChI=1S/C74H128O6/c1-4-7-10-13-16-19-22-25-28-31-33-34-35-36-37-38-39-40-42-43-46-49-52-55-58-61-64-67-73(76)79-70-71(69-78-72(75)66-63-60-57-54-51-48-45-30-27-24-21-18-15-12-9-6-3)80-74(77)68-65-62-59-56-53-50-47-44-41-32-29-26-23-20-17-14-11-8-5-2/h7-8,10-11,16-17,19-20,25-26,28-29,33-34,41,44,71H,4-6,9,12-15,18,21-24,27,30-32,35-40,42-43,45-70H2,1-3H3/b10-7-,11-8-,19-16-,20-17-,28-25-,29-26-,34-33-,44-41-. The fourth-order valence-corrected chi connectivity index (χ4v) is 9.78. The lowest BCUT2D eigenvalue weighted by molar-refractivity contribution is -0.167. The molecule has 6 nitrogen and oxygen atoms in total. The number of carbonyl (C=O) groups excluding carboxylic acids is 3. The molecule has 460 valence electrons. The molecule has 0 rings (SSSR count). The van der Waals surface area contributed by atoms with E-state index in [0.717, 1.165) is 122 Å². The molecule has 0 heterocycles. The highest BCUT2D eigenvalue weighted by Gasteiger charge is 2.19. The van der Waals surface area contributed by atoms with Crippen molar-refractivity contribution in [3.05, 3.63) is 97.2 Å². The fourth-order valence-electron chi connectivity index (χ4n) is 9.78. The van der Waals surface area contributed by atoms with E-state index in [0.29, 0.717) is 19.3 Å². The number of allylic oxidation sites excluding steroid dienone is 16. The molecule has 0 aliphatic carbocycles. The van der Waals surface area contributed by atoms with Gasteiger partial charge in [-0.25, -0.2) is 0 Å². The topological polar surface area (TPSA) is 78.9 Å². The Labute approximate surface area is 496 Å². The predicted molar refractivity (Wildman–Crippen MR) is 348 cm³/mol. The molecule has 0 aromatic carbocycles. The van der Waals surface area contributed by atoms with Crippen molar-refractivity contribution in [2.45, 2.75) is 341 Å². The van der Waals surface area contributed by atoms with Crippen LogP contribution in [0.1, 0.15) is 335 Å². The highest BCUT2D eigenvalue weighted by atomic mass is 16.6. The van der Waals surface area contributed by atoms with E-state index in [1.165, 1.54) is 173 Å². The first-order valence-electron chi connectivity index (χ1n) is 34.2. The molecule has 80 heavy (non-hydrogen) atoms. The number of ether oxygens (including phenoxy) is 3. The van der Waals surface area contributed by atoms with Gasteiger partial charge >= 0.3 is 17.9 Å². The van der Waals surface area contributed by atoms with Crippen molar-refractivity contribution in [1.29, 1.82) is 0 Å². The van der Waals surface area contributed by atoms with Crippen LogP contribution in [0.4, 0.5) is 0 Å². The Balaban J connectivity index is 4.32. The smallest absolute Gasteiger partial charge is 0.306 e. The number of carbonyl (C=O) groups is 3. The molecule has 6 heteroatoms. The third-order valence-corrected chi connectivity index (χ3v) is 14.8. The highest BCUT2D eigenvalue weighted by molar-refractivity contribution is 5.71. The van der Waals surface area contributed by atoms with Gasteiger partial charge in [0.25, 0.3) is 0 Å². The lowest BCUT2D eigenvalue weighted by Gasteiger charge is -2.18. The van der Waals surface area contributed by atoms with Crippen molar-refractivity contribution in [3.63, 3.8) is 0 Å². The zero-order valence-electron chi connectivity index (χ0n) is 52.8. The van der Waals surface area contributed by atoms with E-state index < -0.39 is 6.10 Å². The molecule has 0 saturated heterocycles. The van der Waals surface area contributed by atoms with Gasteiger partial charge in [0.2, 0.25) is 0 Å². The van der Waals surface area contributed by atoms with E-state index >= 15 is 0 Å². The van der Waals surface area contributed by atoms with Gasteiger partial charge in [-0.3, -0.25) is 14.4 Å². The molecule has 1 unspecified atom stereocenters. The van der Waals surface area contributed by atoms with Crippen molar-refractivity contribution in [1.82, 2.24) is 0 Å². The van der Waals surface area contributed by atoms with Gasteiger partial charge in [-0.15, -0.1) is 0 Å². The van der Waals surface area contributed by atoms with Crippen molar-refractivity contribution < 1.29 is 28.6 Å². The number of hydrogen-bond donors (Lipinski definition) is 0. The molecule has 0 spiro atoms. The summed E-state index contributed by atoms with van der Waals surface area (Å²) in [5.74, 6) is -0.877. The molecule has 0 bridgehead atoms. The van der Waals surface area contributed by atoms with E-state index in [-0.39, 0.29) is 31.1 Å². The molecule has 0 aliphatic rings. The van der Waals surface area contributed by atoms with Gasteiger partial charge in [-0.1, -0.05) is 317 Å². The Kier molecular flexibility index (Phi) is 64.7. The second-order valence-electron chi connectivity index (χ2n) is 22.7. The first-order chi connectivity index (χ1) is 39.5. The van der Waals surface area contributed by atoms with Gasteiger partial charge in [0.05, 0.1) is 0 Å². The molecular formula is C74H128O6. The highest BCUT2D eigenvalue weighted by Crippen LogP contribution is 2.17. The van der Waals surface area contributed by atoms with Crippen LogP contribution in [0.2, 0.25) is 0 Å². The van der Waals surface area contributed by atoms with Gasteiger partial charge in [-0.2, -0.15) is 0 Å². The zero-order valence-corrected chi connectivity index (χ0v) is 52.8. The lowest BCUT2D eigenvalue weighted by atomic mass is 10.0. The maximum Gasteiger partial charge on any atom is 0.306 e. The van der Waals surface area contributed by atoms with E-state index in [9.17, 15) is 14.4 Å². The van der Waals surface area contributed by atoms with Crippen LogP contribution in [-0.4, -0.2) is 37.2 Å². The summed E-state index contributed by atoms with van der Waals surface area (Å²) in [4.78, 5) is 38.4. The van der Waals surface area contributed by atoms with Crippen molar-refractivity contribution in [2.24, 2.45) is 0 Å². The van der Waals surface area contributed by atoms with Gasteiger partial charge in [0.1, 0.15) is 13.2 Å². The molecule has 0 aromatic rings. The summed E-state index contributed by atoms with van der Waals surface area (Å²) in [5.41, 5.74) is 0. The third-order valence-electron chi connectivity index (χ3n) is 14.8. The summed E-state index contributed by atoms with van der Waals surface area (Å²) < 4.78 is 17.0. The van der Waals surface area contributed by atoms with E-state index in [2.05, 4.69) is 118 Å². The second kappa shape index (κ2) is 67.8. The summed E-state index contributed by atoms with van der Waals surface area (Å²) in [6.07, 6.45) is 91.3. The first-order valence-corrected chi connectivity index (χ1v) is 34.2. The largest absolute Gasteiger partial charge is 0.462 e. The molecule has 0 aliphatic heterocycles. The second-order valence-corrected chi connectivity index (χ2v) is 22.7. The van der Waals surface area contributed by atoms with E-state index in [1.807, 2.05) is 0 Å². The normalized spacial score (nSPS) is 12.7. The van der Waals surface area contributed by atoms with Crippen LogP contribution in [0.5, 0.6) is 0 Å². The number of unbranched alkanes of at least 4 members (excludes halogenated alkanes) is 35. The maximum atomic E-state index is 12.9. The number of hydrogen-bond acceptors (Lipinski definition) is 6. The summed E-state index contributed by atoms with van der Waals surface area (Å²) in [6, 6.07) is 0. The van der Waals surface area contributed by atoms with Crippen LogP contribution in [0.3, 0.4) is 0 Å². The lowest BCUT2D eigenvalue weighted by Crippen LogP contribution is -2.30. The third kappa shape index (κ3) is 65.1. The Bertz CT molecular complexity index is 1560. The van der Waals surface area contributed by atoms with Crippen molar-refractivity contribution in [2.75, 3.05) is 13.2 Å². The molecule has 0 fully saturated rings. The van der Waals surface area contributed by atoms with E-state index in [1.54, 1.807) is 0 Å². The molecule has 0 aromatic heterocycles. The average molecular weight is 1110 g/mol. The Hall–Kier alpha value is -3.67. The molecule has 0 amide bonds. The van der Waals surface area contributed by atoms with Crippen LogP contribution >= 0.6 is 0 Å². The Morgan fingerprint density at radius 2 is 0.487 bits per heavy atom. The monoisotopic (exact) mass is 1110 g/mol. The van der Waals surface area contributed by atoms with Gasteiger partial charge in [0, 0.05) is 19.3 Å². The molecule has 0 N–H and O–H groups in total. The van der Waals surface area contributed by atoms with Crippen LogP contribution < -0.4 is 0 Å². The fraction of sp³-hybridized carbons (Fsp3) is 0.743. The summed E-state index contributed by atoms with van der Waals surface area (Å²) in [5, 5.41) is 0. The Morgan fingerprint density at radius 3 is 0.762 bits per heavy atom. The zero-order chi connectivity index (χ0) is 57.8. The maximum absolute atomic E-state index is 12.9. The SMILES string of the molecule is CC/C=C\C/C=C\C/C=C\C/C=C\CCCCCCCCCCCCCCCCC(=O)OCC(COC(=O)CCCCCCCCCCCCCCCCCC)OC(=O)CCCCCCCC/C=C\C/C=C\C/C=C\C/C=C\CC. The minimum Gasteiger partial charge on any atom is -0.462 e. The van der Waals surface area contributed by atoms with Gasteiger partial charge in [-0.05, 0) is 96.3 Å². The van der Waals surface area contributed by atoms with Crippen molar-refractivity contribution >= 4 is 17.9 Å². The average Bonchev–Trinajstić information content (AvgIpc) is 3.46. The van der Waals surface area contributed by atoms with E-state index in [4.69, 9.17) is 14.2 Å². The van der Waals surface area contributed by atoms with Crippen LogP contribution in [0.15, 0.2) is 97.2 Å². The minimum absolute atomic E-state index is 0.0796. The molecule has 0 radical (unpaired) electrons. The van der Waals surface area contributed by atoms with Crippen LogP contribution in [-0.2, 0) is 28.6 Å². The predicted octanol–water partition coefficient (Wildman–Crippen LogP) is 23.6. The first kappa shape index (κ1) is 76.3. The van der Waals surface area contributed by atoms with Gasteiger partial charge in [0.15, 0.2) is 6.10 Å². The van der Waals surface area contributed by atoms with Crippen molar-refractivity contribution in [3.8, 4) is 0 Å². The summed E-state index contributed by atoms with van der Waals surface area (Å²) >= 11 is 0. The van der Waals surface area contributed by atoms with Crippen LogP contribution in [0.25, 0.3) is 0 Å². The number of rotatable bonds is 62. The molecule has 1 atom stereocenters. The quantitative estimate of drug-likeness (QED) is 0.0261. The minimum atomic E-state index is -0.786. The van der Waals surface area contributed by atoms with Crippen LogP contribution in [0, 0.1) is 0 Å².